The van der Waals surface area contributed by atoms with Crippen molar-refractivity contribution in [2.45, 2.75) is 0 Å². The van der Waals surface area contributed by atoms with Crippen LogP contribution in [0.1, 0.15) is 0 Å². The van der Waals surface area contributed by atoms with Crippen molar-refractivity contribution >= 4 is 17.2 Å². The summed E-state index contributed by atoms with van der Waals surface area (Å²) in [5, 5.41) is 15.4. The minimum atomic E-state index is 0.667. The average molecular weight is 252 g/mol. The number of nitrogens with two attached hydrogens (primary N) is 1. The van der Waals surface area contributed by atoms with E-state index < -0.39 is 0 Å². The lowest BCUT2D eigenvalue weighted by molar-refractivity contribution is 0.816. The molecule has 3 rings (SSSR count). The first-order valence-electron chi connectivity index (χ1n) is 5.77. The van der Waals surface area contributed by atoms with Gasteiger partial charge in [0.15, 0.2) is 11.6 Å². The number of aromatic nitrogens is 4. The van der Waals surface area contributed by atoms with E-state index in [1.165, 1.54) is 0 Å². The summed E-state index contributed by atoms with van der Waals surface area (Å²) >= 11 is 0. The molecule has 0 fully saturated rings. The molecule has 3 N–H and O–H groups in total. The highest BCUT2D eigenvalue weighted by Gasteiger charge is 2.00. The highest BCUT2D eigenvalue weighted by atomic mass is 15.3. The summed E-state index contributed by atoms with van der Waals surface area (Å²) in [7, 11) is 0. The molecule has 3 aromatic rings. The molecule has 19 heavy (non-hydrogen) atoms. The lowest BCUT2D eigenvalue weighted by Gasteiger charge is -2.05. The summed E-state index contributed by atoms with van der Waals surface area (Å²) < 4.78 is 1.65. The van der Waals surface area contributed by atoms with E-state index in [1.807, 2.05) is 48.7 Å². The molecule has 6 heteroatoms. The second kappa shape index (κ2) is 4.77. The van der Waals surface area contributed by atoms with Crippen molar-refractivity contribution in [3.05, 3.63) is 54.9 Å². The molecule has 2 aromatic heterocycles. The van der Waals surface area contributed by atoms with Crippen LogP contribution in [-0.4, -0.2) is 20.0 Å². The predicted molar refractivity (Wildman–Crippen MR) is 73.3 cm³/mol. The van der Waals surface area contributed by atoms with Crippen LogP contribution in [-0.2, 0) is 0 Å². The Morgan fingerprint density at radius 1 is 1.00 bits per heavy atom. The molecule has 0 saturated heterocycles. The average Bonchev–Trinajstić information content (AvgIpc) is 2.96. The van der Waals surface area contributed by atoms with E-state index in [2.05, 4.69) is 20.6 Å². The molecule has 0 spiro atoms. The van der Waals surface area contributed by atoms with E-state index in [0.717, 1.165) is 11.4 Å². The van der Waals surface area contributed by atoms with Gasteiger partial charge in [-0.1, -0.05) is 0 Å². The highest BCUT2D eigenvalue weighted by Crippen LogP contribution is 2.15. The van der Waals surface area contributed by atoms with Crippen molar-refractivity contribution < 1.29 is 0 Å². The van der Waals surface area contributed by atoms with Crippen molar-refractivity contribution in [3.8, 4) is 5.82 Å². The molecule has 0 radical (unpaired) electrons. The van der Waals surface area contributed by atoms with E-state index in [-0.39, 0.29) is 0 Å². The fourth-order valence-corrected chi connectivity index (χ4v) is 1.63. The standard InChI is InChI=1S/C13H12N6/c14-10-2-4-11(5-3-10)16-12-6-7-13(18-17-12)19-9-1-8-15-19/h1-9H,14H2,(H,16,17). The van der Waals surface area contributed by atoms with Crippen LogP contribution in [0.25, 0.3) is 5.82 Å². The Morgan fingerprint density at radius 2 is 1.84 bits per heavy atom. The first-order valence-corrected chi connectivity index (χ1v) is 5.77. The molecule has 0 aliphatic rings. The van der Waals surface area contributed by atoms with Crippen LogP contribution < -0.4 is 11.1 Å². The molecule has 0 unspecified atom stereocenters. The first kappa shape index (κ1) is 11.2. The Morgan fingerprint density at radius 3 is 2.47 bits per heavy atom. The number of nitrogens with one attached hydrogen (secondary N) is 1. The van der Waals surface area contributed by atoms with Crippen LogP contribution in [0.3, 0.4) is 0 Å². The minimum Gasteiger partial charge on any atom is -0.399 e. The van der Waals surface area contributed by atoms with Crippen molar-refractivity contribution in [3.63, 3.8) is 0 Å². The van der Waals surface area contributed by atoms with Crippen molar-refractivity contribution in [2.75, 3.05) is 11.1 Å². The lowest BCUT2D eigenvalue weighted by Crippen LogP contribution is -2.01. The van der Waals surface area contributed by atoms with Crippen molar-refractivity contribution in [1.82, 2.24) is 20.0 Å². The summed E-state index contributed by atoms with van der Waals surface area (Å²) in [4.78, 5) is 0. The quantitative estimate of drug-likeness (QED) is 0.697. The van der Waals surface area contributed by atoms with Crippen molar-refractivity contribution in [2.24, 2.45) is 0 Å². The fraction of sp³-hybridized carbons (Fsp3) is 0. The zero-order valence-electron chi connectivity index (χ0n) is 10.1. The molecule has 0 aliphatic carbocycles. The van der Waals surface area contributed by atoms with Crippen molar-refractivity contribution in [1.29, 1.82) is 0 Å². The number of hydrogen-bond donors (Lipinski definition) is 2. The molecule has 2 heterocycles. The maximum absolute atomic E-state index is 5.63. The summed E-state index contributed by atoms with van der Waals surface area (Å²) in [6, 6.07) is 13.0. The largest absolute Gasteiger partial charge is 0.399 e. The third-order valence-electron chi connectivity index (χ3n) is 2.57. The normalized spacial score (nSPS) is 10.3. The topological polar surface area (TPSA) is 81.6 Å². The Bertz CT molecular complexity index is 643. The van der Waals surface area contributed by atoms with Crippen LogP contribution in [0.5, 0.6) is 0 Å². The summed E-state index contributed by atoms with van der Waals surface area (Å²) in [6.45, 7) is 0. The molecule has 6 nitrogen and oxygen atoms in total. The van der Waals surface area contributed by atoms with Gasteiger partial charge in [0.25, 0.3) is 0 Å². The van der Waals surface area contributed by atoms with Crippen LogP contribution in [0.4, 0.5) is 17.2 Å². The van der Waals surface area contributed by atoms with Gasteiger partial charge < -0.3 is 11.1 Å². The Labute approximate surface area is 109 Å². The molecule has 94 valence electrons. The van der Waals surface area contributed by atoms with Crippen LogP contribution in [0, 0.1) is 0 Å². The van der Waals surface area contributed by atoms with Gasteiger partial charge >= 0.3 is 0 Å². The van der Waals surface area contributed by atoms with Crippen LogP contribution in [0.2, 0.25) is 0 Å². The third kappa shape index (κ3) is 2.52. The minimum absolute atomic E-state index is 0.667. The zero-order valence-corrected chi connectivity index (χ0v) is 10.1. The molecule has 0 bridgehead atoms. The Hall–Kier alpha value is -2.89. The summed E-state index contributed by atoms with van der Waals surface area (Å²) in [5.74, 6) is 1.34. The van der Waals surface area contributed by atoms with E-state index >= 15 is 0 Å². The number of anilines is 3. The number of rotatable bonds is 3. The lowest BCUT2D eigenvalue weighted by atomic mass is 10.3. The monoisotopic (exact) mass is 252 g/mol. The Balaban J connectivity index is 1.77. The van der Waals surface area contributed by atoms with Gasteiger partial charge in [-0.15, -0.1) is 10.2 Å². The van der Waals surface area contributed by atoms with Gasteiger partial charge in [-0.05, 0) is 42.5 Å². The smallest absolute Gasteiger partial charge is 0.175 e. The van der Waals surface area contributed by atoms with E-state index in [4.69, 9.17) is 5.73 Å². The molecular weight excluding hydrogens is 240 g/mol. The SMILES string of the molecule is Nc1ccc(Nc2ccc(-n3cccn3)nn2)cc1. The second-order valence-corrected chi connectivity index (χ2v) is 3.97. The van der Waals surface area contributed by atoms with Gasteiger partial charge in [0.1, 0.15) is 0 Å². The molecule has 0 atom stereocenters. The van der Waals surface area contributed by atoms with Gasteiger partial charge in [-0.2, -0.15) is 5.10 Å². The van der Waals surface area contributed by atoms with Gasteiger partial charge in [-0.3, -0.25) is 0 Å². The van der Waals surface area contributed by atoms with Gasteiger partial charge in [0.2, 0.25) is 0 Å². The van der Waals surface area contributed by atoms with Crippen LogP contribution in [0.15, 0.2) is 54.9 Å². The van der Waals surface area contributed by atoms with E-state index in [1.54, 1.807) is 10.9 Å². The third-order valence-corrected chi connectivity index (χ3v) is 2.57. The second-order valence-electron chi connectivity index (χ2n) is 3.97. The summed E-state index contributed by atoms with van der Waals surface area (Å²) in [5.41, 5.74) is 7.27. The molecule has 1 aromatic carbocycles. The number of hydrogen-bond acceptors (Lipinski definition) is 5. The maximum Gasteiger partial charge on any atom is 0.175 e. The van der Waals surface area contributed by atoms with Crippen LogP contribution >= 0.6 is 0 Å². The van der Waals surface area contributed by atoms with Gasteiger partial charge in [0, 0.05) is 23.8 Å². The molecule has 0 saturated carbocycles. The van der Waals surface area contributed by atoms with Gasteiger partial charge in [-0.25, -0.2) is 4.68 Å². The summed E-state index contributed by atoms with van der Waals surface area (Å²) in [6.07, 6.45) is 3.51. The first-order chi connectivity index (χ1) is 9.31. The van der Waals surface area contributed by atoms with E-state index in [9.17, 15) is 0 Å². The zero-order chi connectivity index (χ0) is 13.1. The highest BCUT2D eigenvalue weighted by molar-refractivity contribution is 5.58. The molecular formula is C13H12N6. The fourth-order valence-electron chi connectivity index (χ4n) is 1.63. The number of nitrogens with zero attached hydrogens (tertiary/aromatic N) is 4. The van der Waals surface area contributed by atoms with E-state index in [0.29, 0.717) is 11.6 Å². The number of nitrogen functional groups attached to an aromatic ring is 1. The predicted octanol–water partition coefficient (Wildman–Crippen LogP) is 1.99. The maximum atomic E-state index is 5.63. The number of benzene rings is 1. The van der Waals surface area contributed by atoms with Gasteiger partial charge in [0.05, 0.1) is 0 Å². The Kier molecular flexibility index (Phi) is 2.82. The molecule has 0 aliphatic heterocycles. The molecule has 0 amide bonds.